The van der Waals surface area contributed by atoms with Crippen LogP contribution in [-0.2, 0) is 0 Å². The molecule has 5 heteroatoms. The number of H-pyrrole nitrogens is 1. The van der Waals surface area contributed by atoms with Crippen molar-refractivity contribution in [1.29, 1.82) is 5.41 Å². The van der Waals surface area contributed by atoms with Gasteiger partial charge in [-0.2, -0.15) is 0 Å². The molecule has 0 amide bonds. The monoisotopic (exact) mass is 345 g/mol. The molecule has 0 aliphatic rings. The van der Waals surface area contributed by atoms with Crippen LogP contribution in [0.3, 0.4) is 0 Å². The van der Waals surface area contributed by atoms with Crippen LogP contribution in [0.15, 0.2) is 57.9 Å². The van der Waals surface area contributed by atoms with Crippen molar-refractivity contribution in [2.45, 2.75) is 4.90 Å². The number of para-hydroxylation sites is 1. The molecule has 0 saturated carbocycles. The summed E-state index contributed by atoms with van der Waals surface area (Å²) in [6.07, 6.45) is 0. The van der Waals surface area contributed by atoms with Gasteiger partial charge in [0.2, 0.25) is 0 Å². The first-order valence-electron chi connectivity index (χ1n) is 6.03. The Balaban J connectivity index is 2.23. The average Bonchev–Trinajstić information content (AvgIpc) is 2.78. The van der Waals surface area contributed by atoms with Gasteiger partial charge in [0, 0.05) is 20.3 Å². The fourth-order valence-electron chi connectivity index (χ4n) is 2.15. The quantitative estimate of drug-likeness (QED) is 0.361. The highest BCUT2D eigenvalue weighted by atomic mass is 79.9. The molecule has 0 aliphatic carbocycles. The van der Waals surface area contributed by atoms with E-state index in [-0.39, 0.29) is 5.17 Å². The predicted molar refractivity (Wildman–Crippen MR) is 89.2 cm³/mol. The molecule has 0 spiro atoms. The van der Waals surface area contributed by atoms with Crippen LogP contribution < -0.4 is 5.73 Å². The molecule has 0 aliphatic heterocycles. The Bertz CT molecular complexity index is 777. The van der Waals surface area contributed by atoms with Crippen LogP contribution in [0.25, 0.3) is 22.2 Å². The number of hydrogen-bond acceptors (Lipinski definition) is 2. The van der Waals surface area contributed by atoms with E-state index in [0.717, 1.165) is 31.5 Å². The number of nitrogens with one attached hydrogen (secondary N) is 2. The zero-order chi connectivity index (χ0) is 14.1. The molecule has 0 bridgehead atoms. The normalized spacial score (nSPS) is 10.8. The van der Waals surface area contributed by atoms with Crippen LogP contribution in [-0.4, -0.2) is 10.2 Å². The van der Waals surface area contributed by atoms with Crippen molar-refractivity contribution in [1.82, 2.24) is 4.98 Å². The van der Waals surface area contributed by atoms with Crippen molar-refractivity contribution < 1.29 is 0 Å². The van der Waals surface area contributed by atoms with E-state index >= 15 is 0 Å². The summed E-state index contributed by atoms with van der Waals surface area (Å²) >= 11 is 4.72. The predicted octanol–water partition coefficient (Wildman–Crippen LogP) is 4.58. The number of aromatic amines is 1. The highest BCUT2D eigenvalue weighted by Gasteiger charge is 2.14. The molecular formula is C15H12BrN3S. The second kappa shape index (κ2) is 5.34. The third-order valence-corrected chi connectivity index (χ3v) is 4.38. The third-order valence-electron chi connectivity index (χ3n) is 3.00. The van der Waals surface area contributed by atoms with Crippen molar-refractivity contribution in [3.05, 3.63) is 53.0 Å². The number of rotatable bonds is 2. The summed E-state index contributed by atoms with van der Waals surface area (Å²) in [6.45, 7) is 0. The Morgan fingerprint density at radius 1 is 1.10 bits per heavy atom. The Hall–Kier alpha value is -1.72. The molecule has 3 nitrogen and oxygen atoms in total. The first kappa shape index (κ1) is 13.3. The Morgan fingerprint density at radius 3 is 2.50 bits per heavy atom. The first-order chi connectivity index (χ1) is 9.65. The molecule has 0 atom stereocenters. The second-order valence-corrected chi connectivity index (χ2v) is 6.32. The summed E-state index contributed by atoms with van der Waals surface area (Å²) in [4.78, 5) is 4.41. The highest BCUT2D eigenvalue weighted by Crippen LogP contribution is 2.37. The smallest absolute Gasteiger partial charge is 0.156 e. The van der Waals surface area contributed by atoms with E-state index in [1.54, 1.807) is 0 Å². The number of thioether (sulfide) groups is 1. The van der Waals surface area contributed by atoms with Crippen LogP contribution in [0, 0.1) is 5.41 Å². The molecule has 0 radical (unpaired) electrons. The van der Waals surface area contributed by atoms with Crippen molar-refractivity contribution in [2.24, 2.45) is 5.73 Å². The number of aromatic nitrogens is 1. The molecule has 100 valence electrons. The van der Waals surface area contributed by atoms with Crippen LogP contribution in [0.4, 0.5) is 0 Å². The van der Waals surface area contributed by atoms with Gasteiger partial charge >= 0.3 is 0 Å². The van der Waals surface area contributed by atoms with Crippen molar-refractivity contribution in [3.8, 4) is 11.3 Å². The SMILES string of the molecule is N=C(N)Sc1c(-c2ccc(Br)cc2)[nH]c2ccccc12. The van der Waals surface area contributed by atoms with Gasteiger partial charge in [0.05, 0.1) is 5.69 Å². The number of hydrogen-bond donors (Lipinski definition) is 3. The number of benzene rings is 2. The molecule has 3 rings (SSSR count). The van der Waals surface area contributed by atoms with Crippen LogP contribution >= 0.6 is 27.7 Å². The number of amidine groups is 1. The van der Waals surface area contributed by atoms with E-state index in [2.05, 4.69) is 20.9 Å². The lowest BCUT2D eigenvalue weighted by molar-refractivity contribution is 1.39. The Morgan fingerprint density at radius 2 is 1.80 bits per heavy atom. The first-order valence-corrected chi connectivity index (χ1v) is 7.64. The Kier molecular flexibility index (Phi) is 3.54. The van der Waals surface area contributed by atoms with Gasteiger partial charge < -0.3 is 10.7 Å². The number of fused-ring (bicyclic) bond motifs is 1. The van der Waals surface area contributed by atoms with Gasteiger partial charge in [-0.25, -0.2) is 0 Å². The minimum atomic E-state index is 0.0908. The highest BCUT2D eigenvalue weighted by molar-refractivity contribution is 9.10. The minimum Gasteiger partial charge on any atom is -0.378 e. The summed E-state index contributed by atoms with van der Waals surface area (Å²) in [5, 5.41) is 8.74. The van der Waals surface area contributed by atoms with Gasteiger partial charge in [-0.05, 0) is 23.8 Å². The summed E-state index contributed by atoms with van der Waals surface area (Å²) in [5.41, 5.74) is 8.70. The zero-order valence-corrected chi connectivity index (χ0v) is 12.9. The molecule has 1 aromatic heterocycles. The minimum absolute atomic E-state index is 0.0908. The molecule has 0 saturated heterocycles. The maximum atomic E-state index is 7.56. The largest absolute Gasteiger partial charge is 0.378 e. The summed E-state index contributed by atoms with van der Waals surface area (Å²) in [7, 11) is 0. The lowest BCUT2D eigenvalue weighted by atomic mass is 10.1. The van der Waals surface area contributed by atoms with Crippen molar-refractivity contribution in [3.63, 3.8) is 0 Å². The molecule has 20 heavy (non-hydrogen) atoms. The topological polar surface area (TPSA) is 65.7 Å². The van der Waals surface area contributed by atoms with Gasteiger partial charge in [-0.1, -0.05) is 58.0 Å². The maximum absolute atomic E-state index is 7.56. The summed E-state index contributed by atoms with van der Waals surface area (Å²) in [5.74, 6) is 0. The van der Waals surface area contributed by atoms with Crippen molar-refractivity contribution >= 4 is 43.8 Å². The molecule has 0 unspecified atom stereocenters. The number of nitrogens with two attached hydrogens (primary N) is 1. The van der Waals surface area contributed by atoms with Crippen molar-refractivity contribution in [2.75, 3.05) is 0 Å². The van der Waals surface area contributed by atoms with E-state index in [0.29, 0.717) is 0 Å². The summed E-state index contributed by atoms with van der Waals surface area (Å²) in [6, 6.07) is 16.1. The fraction of sp³-hybridized carbons (Fsp3) is 0. The molecule has 4 N–H and O–H groups in total. The van der Waals surface area contributed by atoms with E-state index in [1.165, 1.54) is 11.8 Å². The van der Waals surface area contributed by atoms with E-state index in [9.17, 15) is 0 Å². The fourth-order valence-corrected chi connectivity index (χ4v) is 3.20. The average molecular weight is 346 g/mol. The third kappa shape index (κ3) is 2.46. The Labute approximate surface area is 129 Å². The van der Waals surface area contributed by atoms with E-state index in [4.69, 9.17) is 11.1 Å². The van der Waals surface area contributed by atoms with Gasteiger partial charge in [0.25, 0.3) is 0 Å². The van der Waals surface area contributed by atoms with Gasteiger partial charge in [-0.15, -0.1) is 0 Å². The van der Waals surface area contributed by atoms with E-state index < -0.39 is 0 Å². The standard InChI is InChI=1S/C15H12BrN3S/c16-10-7-5-9(6-8-10)13-14(20-15(17)18)11-3-1-2-4-12(11)19-13/h1-8,19H,(H3,17,18). The van der Waals surface area contributed by atoms with E-state index in [1.807, 2.05) is 48.5 Å². The van der Waals surface area contributed by atoms with Gasteiger partial charge in [-0.3, -0.25) is 5.41 Å². The lowest BCUT2D eigenvalue weighted by Crippen LogP contribution is -2.03. The summed E-state index contributed by atoms with van der Waals surface area (Å²) < 4.78 is 1.04. The molecule has 1 heterocycles. The molecule has 3 aromatic rings. The molecule has 2 aromatic carbocycles. The molecular weight excluding hydrogens is 334 g/mol. The van der Waals surface area contributed by atoms with Crippen LogP contribution in [0.5, 0.6) is 0 Å². The van der Waals surface area contributed by atoms with Crippen LogP contribution in [0.2, 0.25) is 0 Å². The number of halogens is 1. The zero-order valence-electron chi connectivity index (χ0n) is 10.5. The maximum Gasteiger partial charge on any atom is 0.156 e. The van der Waals surface area contributed by atoms with Gasteiger partial charge in [0.1, 0.15) is 0 Å². The lowest BCUT2D eigenvalue weighted by Gasteiger charge is -2.04. The second-order valence-electron chi connectivity index (χ2n) is 4.35. The van der Waals surface area contributed by atoms with Gasteiger partial charge in [0.15, 0.2) is 5.17 Å². The van der Waals surface area contributed by atoms with Crippen LogP contribution in [0.1, 0.15) is 0 Å². The molecule has 0 fully saturated rings.